The fraction of sp³-hybridized carbons (Fsp3) is 0. The maximum atomic E-state index is 11.0. The van der Waals surface area contributed by atoms with Gasteiger partial charge in [0.25, 0.3) is 0 Å². The topological polar surface area (TPSA) is 163 Å². The number of carbonyl (C=O) groups excluding carboxylic acids is 4. The summed E-state index contributed by atoms with van der Waals surface area (Å²) < 4.78 is 9.06. The number of ether oxygens (including phenoxy) is 2. The molecule has 102 valence electrons. The molecule has 2 amide bonds. The maximum Gasteiger partial charge on any atom is 0.401 e. The second kappa shape index (κ2) is 5.96. The fourth-order valence-electron chi connectivity index (χ4n) is 1.07. The first-order valence-electron chi connectivity index (χ1n) is 4.92. The molecule has 0 heterocycles. The van der Waals surface area contributed by atoms with E-state index in [0.717, 1.165) is 18.2 Å². The van der Waals surface area contributed by atoms with E-state index in [-0.39, 0.29) is 17.1 Å². The number of benzene rings is 1. The van der Waals surface area contributed by atoms with Gasteiger partial charge in [-0.2, -0.15) is 5.26 Å². The minimum absolute atomic E-state index is 0.0490. The average Bonchev–Trinajstić information content (AvgIpc) is 2.37. The zero-order valence-corrected chi connectivity index (χ0v) is 9.78. The summed E-state index contributed by atoms with van der Waals surface area (Å²) in [6.07, 6.45) is 0. The van der Waals surface area contributed by atoms with Crippen molar-refractivity contribution in [1.29, 1.82) is 5.26 Å². The average molecular weight is 277 g/mol. The van der Waals surface area contributed by atoms with E-state index in [1.807, 2.05) is 0 Å². The number of amides is 2. The van der Waals surface area contributed by atoms with E-state index >= 15 is 0 Å². The van der Waals surface area contributed by atoms with E-state index < -0.39 is 23.8 Å². The highest BCUT2D eigenvalue weighted by atomic mass is 16.6. The molecule has 1 aromatic carbocycles. The van der Waals surface area contributed by atoms with Crippen LogP contribution in [0.1, 0.15) is 5.56 Å². The number of nitrogens with two attached hydrogens (primary N) is 2. The van der Waals surface area contributed by atoms with Crippen molar-refractivity contribution in [1.82, 2.24) is 0 Å². The van der Waals surface area contributed by atoms with Gasteiger partial charge in [-0.3, -0.25) is 9.59 Å². The van der Waals surface area contributed by atoms with Gasteiger partial charge in [0.2, 0.25) is 0 Å². The molecule has 1 rings (SSSR count). The van der Waals surface area contributed by atoms with Crippen LogP contribution in [0.2, 0.25) is 0 Å². The number of nitrogens with zero attached hydrogens (tertiary/aromatic N) is 1. The van der Waals surface area contributed by atoms with E-state index in [0.29, 0.717) is 0 Å². The van der Waals surface area contributed by atoms with Gasteiger partial charge >= 0.3 is 23.8 Å². The lowest BCUT2D eigenvalue weighted by molar-refractivity contribution is -0.146. The predicted octanol–water partition coefficient (Wildman–Crippen LogP) is -1.66. The number of carbonyl (C=O) groups is 4. The van der Waals surface area contributed by atoms with Crippen molar-refractivity contribution < 1.29 is 28.7 Å². The SMILES string of the molecule is N#Cc1cc(OC(=O)C(N)=O)cc(OC(=O)C(N)=O)c1. The van der Waals surface area contributed by atoms with Crippen molar-refractivity contribution in [2.45, 2.75) is 0 Å². The smallest absolute Gasteiger partial charge is 0.401 e. The Balaban J connectivity index is 3.06. The molecule has 0 atom stereocenters. The number of rotatable bonds is 2. The summed E-state index contributed by atoms with van der Waals surface area (Å²) in [4.78, 5) is 43.1. The van der Waals surface area contributed by atoms with Crippen LogP contribution in [0.25, 0.3) is 0 Å². The molecule has 0 bridgehead atoms. The molecular formula is C11H7N3O6. The summed E-state index contributed by atoms with van der Waals surface area (Å²) in [5, 5.41) is 8.76. The number of hydrogen-bond donors (Lipinski definition) is 2. The van der Waals surface area contributed by atoms with E-state index in [4.69, 9.17) is 5.26 Å². The molecule has 0 unspecified atom stereocenters. The van der Waals surface area contributed by atoms with E-state index in [1.54, 1.807) is 6.07 Å². The molecule has 0 spiro atoms. The number of hydrogen-bond acceptors (Lipinski definition) is 7. The Morgan fingerprint density at radius 1 is 0.900 bits per heavy atom. The van der Waals surface area contributed by atoms with Gasteiger partial charge in [-0.25, -0.2) is 9.59 Å². The third-order valence-electron chi connectivity index (χ3n) is 1.83. The summed E-state index contributed by atoms with van der Waals surface area (Å²) in [7, 11) is 0. The summed E-state index contributed by atoms with van der Waals surface area (Å²) in [5.74, 6) is -5.95. The summed E-state index contributed by atoms with van der Waals surface area (Å²) in [6, 6.07) is 4.90. The van der Waals surface area contributed by atoms with Gasteiger partial charge in [0, 0.05) is 6.07 Å². The van der Waals surface area contributed by atoms with Gasteiger partial charge in [-0.1, -0.05) is 0 Å². The Kier molecular flexibility index (Phi) is 4.37. The molecule has 0 saturated carbocycles. The van der Waals surface area contributed by atoms with Crippen LogP contribution >= 0.6 is 0 Å². The molecular weight excluding hydrogens is 270 g/mol. The monoisotopic (exact) mass is 277 g/mol. The molecule has 20 heavy (non-hydrogen) atoms. The van der Waals surface area contributed by atoms with Crippen LogP contribution in [0.15, 0.2) is 18.2 Å². The van der Waals surface area contributed by atoms with Crippen molar-refractivity contribution >= 4 is 23.8 Å². The molecule has 0 aliphatic carbocycles. The second-order valence-electron chi connectivity index (χ2n) is 3.31. The molecule has 0 aliphatic heterocycles. The lowest BCUT2D eigenvalue weighted by atomic mass is 10.2. The Morgan fingerprint density at radius 2 is 1.30 bits per heavy atom. The lowest BCUT2D eigenvalue weighted by Crippen LogP contribution is -2.28. The molecule has 0 saturated heterocycles. The third kappa shape index (κ3) is 3.81. The van der Waals surface area contributed by atoms with Crippen LogP contribution in [0.3, 0.4) is 0 Å². The van der Waals surface area contributed by atoms with Crippen LogP contribution in [0, 0.1) is 11.3 Å². The second-order valence-corrected chi connectivity index (χ2v) is 3.31. The quantitative estimate of drug-likeness (QED) is 0.371. The zero-order chi connectivity index (χ0) is 15.3. The highest BCUT2D eigenvalue weighted by Crippen LogP contribution is 2.23. The molecule has 0 aromatic heterocycles. The van der Waals surface area contributed by atoms with Crippen LogP contribution in [-0.4, -0.2) is 23.8 Å². The van der Waals surface area contributed by atoms with Crippen LogP contribution in [-0.2, 0) is 19.2 Å². The van der Waals surface area contributed by atoms with E-state index in [1.165, 1.54) is 0 Å². The number of esters is 2. The van der Waals surface area contributed by atoms with Crippen molar-refractivity contribution in [2.24, 2.45) is 11.5 Å². The minimum Gasteiger partial charge on any atom is -0.419 e. The summed E-state index contributed by atoms with van der Waals surface area (Å²) >= 11 is 0. The van der Waals surface area contributed by atoms with Gasteiger partial charge in [-0.05, 0) is 12.1 Å². The molecule has 1 aromatic rings. The van der Waals surface area contributed by atoms with E-state index in [2.05, 4.69) is 20.9 Å². The maximum absolute atomic E-state index is 11.0. The van der Waals surface area contributed by atoms with Crippen LogP contribution < -0.4 is 20.9 Å². The molecule has 9 heteroatoms. The van der Waals surface area contributed by atoms with Gasteiger partial charge < -0.3 is 20.9 Å². The first-order chi connectivity index (χ1) is 9.33. The van der Waals surface area contributed by atoms with Gasteiger partial charge in [-0.15, -0.1) is 0 Å². The first kappa shape index (κ1) is 14.7. The van der Waals surface area contributed by atoms with Gasteiger partial charge in [0.05, 0.1) is 11.6 Å². The zero-order valence-electron chi connectivity index (χ0n) is 9.78. The molecule has 0 fully saturated rings. The largest absolute Gasteiger partial charge is 0.419 e. The molecule has 4 N–H and O–H groups in total. The van der Waals surface area contributed by atoms with Gasteiger partial charge in [0.15, 0.2) is 0 Å². The van der Waals surface area contributed by atoms with E-state index in [9.17, 15) is 19.2 Å². The highest BCUT2D eigenvalue weighted by molar-refractivity contribution is 6.32. The van der Waals surface area contributed by atoms with Crippen molar-refractivity contribution in [3.05, 3.63) is 23.8 Å². The highest BCUT2D eigenvalue weighted by Gasteiger charge is 2.16. The third-order valence-corrected chi connectivity index (χ3v) is 1.83. The van der Waals surface area contributed by atoms with Gasteiger partial charge in [0.1, 0.15) is 11.5 Å². The standard InChI is InChI=1S/C11H7N3O6/c12-4-5-1-6(19-10(17)8(13)15)3-7(2-5)20-11(18)9(14)16/h1-3H,(H2,13,15)(H2,14,16). The number of nitriles is 1. The Bertz CT molecular complexity index is 600. The minimum atomic E-state index is -1.37. The molecule has 9 nitrogen and oxygen atoms in total. The Labute approximate surface area is 111 Å². The predicted molar refractivity (Wildman–Crippen MR) is 60.8 cm³/mol. The normalized spacial score (nSPS) is 9.15. The van der Waals surface area contributed by atoms with Crippen LogP contribution in [0.5, 0.6) is 11.5 Å². The molecule has 0 aliphatic rings. The number of primary amides is 2. The Hall–Kier alpha value is -3.41. The van der Waals surface area contributed by atoms with Crippen molar-refractivity contribution in [3.63, 3.8) is 0 Å². The Morgan fingerprint density at radius 3 is 1.60 bits per heavy atom. The first-order valence-corrected chi connectivity index (χ1v) is 4.92. The summed E-state index contributed by atoms with van der Waals surface area (Å²) in [6.45, 7) is 0. The van der Waals surface area contributed by atoms with Crippen molar-refractivity contribution in [3.8, 4) is 17.6 Å². The fourth-order valence-corrected chi connectivity index (χ4v) is 1.07. The van der Waals surface area contributed by atoms with Crippen LogP contribution in [0.4, 0.5) is 0 Å². The lowest BCUT2D eigenvalue weighted by Gasteiger charge is -2.06. The summed E-state index contributed by atoms with van der Waals surface area (Å²) in [5.41, 5.74) is 9.33. The van der Waals surface area contributed by atoms with Crippen molar-refractivity contribution in [2.75, 3.05) is 0 Å². The molecule has 0 radical (unpaired) electrons.